The highest BCUT2D eigenvalue weighted by atomic mass is 32.1. The van der Waals surface area contributed by atoms with E-state index in [-0.39, 0.29) is 17.2 Å². The van der Waals surface area contributed by atoms with Crippen molar-refractivity contribution in [1.82, 2.24) is 4.90 Å². The number of halogens is 2. The first-order chi connectivity index (χ1) is 9.49. The molecule has 20 heavy (non-hydrogen) atoms. The number of likely N-dealkylation sites (tertiary alicyclic amines) is 1. The van der Waals surface area contributed by atoms with Crippen LogP contribution in [0.2, 0.25) is 0 Å². The van der Waals surface area contributed by atoms with Crippen LogP contribution in [-0.2, 0) is 4.79 Å². The largest absolute Gasteiger partial charge is 0.481 e. The summed E-state index contributed by atoms with van der Waals surface area (Å²) < 4.78 is 28.7. The fourth-order valence-corrected chi connectivity index (χ4v) is 2.94. The Morgan fingerprint density at radius 3 is 2.90 bits per heavy atom. The van der Waals surface area contributed by atoms with Gasteiger partial charge in [0.05, 0.1) is 5.92 Å². The van der Waals surface area contributed by atoms with Crippen LogP contribution in [0.3, 0.4) is 0 Å². The molecule has 0 saturated carbocycles. The molecule has 110 valence electrons. The summed E-state index contributed by atoms with van der Waals surface area (Å²) in [6.07, 6.45) is 1.10. The Kier molecular flexibility index (Phi) is 4.53. The van der Waals surface area contributed by atoms with Gasteiger partial charge in [-0.25, -0.2) is 0 Å². The van der Waals surface area contributed by atoms with E-state index in [1.54, 1.807) is 0 Å². The van der Waals surface area contributed by atoms with Crippen LogP contribution >= 0.6 is 11.3 Å². The van der Waals surface area contributed by atoms with Crippen LogP contribution in [0.5, 0.6) is 5.75 Å². The van der Waals surface area contributed by atoms with Crippen molar-refractivity contribution in [3.63, 3.8) is 0 Å². The molecular weight excluding hydrogens is 292 g/mol. The van der Waals surface area contributed by atoms with Gasteiger partial charge in [-0.1, -0.05) is 0 Å². The van der Waals surface area contributed by atoms with Gasteiger partial charge in [0, 0.05) is 13.1 Å². The number of alkyl halides is 2. The highest BCUT2D eigenvalue weighted by molar-refractivity contribution is 7.12. The smallest absolute Gasteiger partial charge is 0.387 e. The van der Waals surface area contributed by atoms with Crippen LogP contribution in [0.1, 0.15) is 22.5 Å². The molecule has 2 rings (SSSR count). The minimum absolute atomic E-state index is 0.0799. The van der Waals surface area contributed by atoms with E-state index in [2.05, 4.69) is 4.74 Å². The second-order valence-electron chi connectivity index (χ2n) is 4.42. The Morgan fingerprint density at radius 2 is 2.25 bits per heavy atom. The van der Waals surface area contributed by atoms with Gasteiger partial charge in [0.25, 0.3) is 5.91 Å². The van der Waals surface area contributed by atoms with Gasteiger partial charge >= 0.3 is 12.6 Å². The maximum atomic E-state index is 12.2. The first-order valence-corrected chi connectivity index (χ1v) is 6.91. The Hall–Kier alpha value is -1.70. The van der Waals surface area contributed by atoms with Crippen LogP contribution in [0.15, 0.2) is 11.4 Å². The third-order valence-corrected chi connectivity index (χ3v) is 3.98. The number of nitrogens with zero attached hydrogens (tertiary/aromatic N) is 1. The number of carboxylic acid groups (broad SMARTS) is 1. The molecule has 1 aliphatic heterocycles. The van der Waals surface area contributed by atoms with Crippen molar-refractivity contribution in [2.45, 2.75) is 19.5 Å². The average molecular weight is 305 g/mol. The molecule has 1 amide bonds. The minimum atomic E-state index is -3.00. The monoisotopic (exact) mass is 305 g/mol. The van der Waals surface area contributed by atoms with Gasteiger partial charge in [-0.2, -0.15) is 8.78 Å². The number of piperidine rings is 1. The minimum Gasteiger partial charge on any atom is -0.481 e. The lowest BCUT2D eigenvalue weighted by molar-refractivity contribution is -0.143. The van der Waals surface area contributed by atoms with Crippen molar-refractivity contribution in [2.75, 3.05) is 13.1 Å². The number of hydrogen-bond donors (Lipinski definition) is 1. The van der Waals surface area contributed by atoms with E-state index < -0.39 is 24.4 Å². The van der Waals surface area contributed by atoms with Crippen LogP contribution in [0, 0.1) is 5.92 Å². The predicted molar refractivity (Wildman–Crippen MR) is 67.2 cm³/mol. The number of carboxylic acids is 1. The normalized spacial score (nSPS) is 19.1. The van der Waals surface area contributed by atoms with Crippen molar-refractivity contribution < 1.29 is 28.2 Å². The van der Waals surface area contributed by atoms with Crippen molar-refractivity contribution in [3.05, 3.63) is 16.3 Å². The molecule has 0 spiro atoms. The summed E-state index contributed by atoms with van der Waals surface area (Å²) >= 11 is 1.01. The van der Waals surface area contributed by atoms with Gasteiger partial charge in [-0.15, -0.1) is 11.3 Å². The number of thiophene rings is 1. The fraction of sp³-hybridized carbons (Fsp3) is 0.500. The van der Waals surface area contributed by atoms with Gasteiger partial charge in [0.15, 0.2) is 0 Å². The van der Waals surface area contributed by atoms with E-state index in [4.69, 9.17) is 5.11 Å². The van der Waals surface area contributed by atoms with E-state index in [1.807, 2.05) is 0 Å². The fourth-order valence-electron chi connectivity index (χ4n) is 2.15. The van der Waals surface area contributed by atoms with E-state index in [1.165, 1.54) is 16.3 Å². The Balaban J connectivity index is 2.11. The topological polar surface area (TPSA) is 66.8 Å². The molecule has 0 aromatic carbocycles. The summed E-state index contributed by atoms with van der Waals surface area (Å²) in [5.74, 6) is -2.17. The summed E-state index contributed by atoms with van der Waals surface area (Å²) in [6.45, 7) is -2.47. The van der Waals surface area contributed by atoms with E-state index in [9.17, 15) is 18.4 Å². The molecule has 1 aromatic rings. The second kappa shape index (κ2) is 6.17. The molecule has 0 unspecified atom stereocenters. The standard InChI is InChI=1S/C12H13F2NO4S/c13-12(14)19-8-3-5-20-9(8)10(16)15-4-1-2-7(6-15)11(17)18/h3,5,7,12H,1-2,4,6H2,(H,17,18)/t7-/m0/s1. The van der Waals surface area contributed by atoms with E-state index >= 15 is 0 Å². The van der Waals surface area contributed by atoms with Gasteiger partial charge in [-0.3, -0.25) is 9.59 Å². The second-order valence-corrected chi connectivity index (χ2v) is 5.34. The maximum Gasteiger partial charge on any atom is 0.387 e. The Morgan fingerprint density at radius 1 is 1.50 bits per heavy atom. The Bertz CT molecular complexity index is 505. The summed E-state index contributed by atoms with van der Waals surface area (Å²) in [6, 6.07) is 1.31. The molecule has 0 radical (unpaired) electrons. The zero-order chi connectivity index (χ0) is 14.7. The molecule has 1 aliphatic rings. The molecule has 1 saturated heterocycles. The molecule has 1 aromatic heterocycles. The number of amides is 1. The number of carbonyl (C=O) groups excluding carboxylic acids is 1. The maximum absolute atomic E-state index is 12.2. The van der Waals surface area contributed by atoms with Gasteiger partial charge in [0.2, 0.25) is 0 Å². The zero-order valence-corrected chi connectivity index (χ0v) is 11.2. The first-order valence-electron chi connectivity index (χ1n) is 6.03. The van der Waals surface area contributed by atoms with Gasteiger partial charge < -0.3 is 14.7 Å². The summed E-state index contributed by atoms with van der Waals surface area (Å²) in [7, 11) is 0. The molecule has 1 N–H and O–H groups in total. The van der Waals surface area contributed by atoms with Crippen LogP contribution in [0.25, 0.3) is 0 Å². The molecule has 5 nitrogen and oxygen atoms in total. The van der Waals surface area contributed by atoms with Crippen molar-refractivity contribution in [2.24, 2.45) is 5.92 Å². The lowest BCUT2D eigenvalue weighted by Gasteiger charge is -2.30. The van der Waals surface area contributed by atoms with Crippen molar-refractivity contribution >= 4 is 23.2 Å². The Labute approximate surface area is 117 Å². The number of carbonyl (C=O) groups is 2. The number of hydrogen-bond acceptors (Lipinski definition) is 4. The quantitative estimate of drug-likeness (QED) is 0.927. The van der Waals surface area contributed by atoms with Crippen molar-refractivity contribution in [1.29, 1.82) is 0 Å². The van der Waals surface area contributed by atoms with Crippen molar-refractivity contribution in [3.8, 4) is 5.75 Å². The summed E-state index contributed by atoms with van der Waals surface area (Å²) in [4.78, 5) is 24.7. The van der Waals surface area contributed by atoms with Crippen LogP contribution in [0.4, 0.5) is 8.78 Å². The lowest BCUT2D eigenvalue weighted by atomic mass is 9.98. The van der Waals surface area contributed by atoms with Gasteiger partial charge in [0.1, 0.15) is 10.6 Å². The molecule has 1 fully saturated rings. The van der Waals surface area contributed by atoms with E-state index in [0.29, 0.717) is 19.4 Å². The molecule has 1 atom stereocenters. The number of rotatable bonds is 4. The molecule has 0 aliphatic carbocycles. The molecule has 2 heterocycles. The molecule has 0 bridgehead atoms. The molecule has 8 heteroatoms. The van der Waals surface area contributed by atoms with Gasteiger partial charge in [-0.05, 0) is 24.3 Å². The SMILES string of the molecule is O=C(O)[C@H]1CCCN(C(=O)c2sccc2OC(F)F)C1. The lowest BCUT2D eigenvalue weighted by Crippen LogP contribution is -2.42. The van der Waals surface area contributed by atoms with E-state index in [0.717, 1.165) is 11.3 Å². The van der Waals surface area contributed by atoms with Crippen LogP contribution in [-0.4, -0.2) is 41.6 Å². The average Bonchev–Trinajstić information content (AvgIpc) is 2.85. The highest BCUT2D eigenvalue weighted by Gasteiger charge is 2.30. The summed E-state index contributed by atoms with van der Waals surface area (Å²) in [5, 5.41) is 10.5. The highest BCUT2D eigenvalue weighted by Crippen LogP contribution is 2.29. The number of ether oxygens (including phenoxy) is 1. The zero-order valence-electron chi connectivity index (χ0n) is 10.4. The first kappa shape index (κ1) is 14.7. The summed E-state index contributed by atoms with van der Waals surface area (Å²) in [5.41, 5.74) is 0. The van der Waals surface area contributed by atoms with Crippen LogP contribution < -0.4 is 4.74 Å². The number of aliphatic carboxylic acids is 1. The third-order valence-electron chi connectivity index (χ3n) is 3.10. The third kappa shape index (κ3) is 3.24. The molecular formula is C12H13F2NO4S. The predicted octanol–water partition coefficient (Wildman–Crippen LogP) is 2.29.